The number of rotatable bonds is 4. The van der Waals surface area contributed by atoms with E-state index in [2.05, 4.69) is 19.1 Å². The number of thiophene rings is 1. The summed E-state index contributed by atoms with van der Waals surface area (Å²) in [4.78, 5) is 16.2. The summed E-state index contributed by atoms with van der Waals surface area (Å²) in [6, 6.07) is 9.94. The summed E-state index contributed by atoms with van der Waals surface area (Å²) in [6.07, 6.45) is 1.95. The molecule has 0 aliphatic heterocycles. The highest BCUT2D eigenvalue weighted by atomic mass is 32.2. The summed E-state index contributed by atoms with van der Waals surface area (Å²) >= 11 is 4.41. The lowest BCUT2D eigenvalue weighted by Crippen LogP contribution is -1.89. The van der Waals surface area contributed by atoms with Crippen LogP contribution in [0.4, 0.5) is 0 Å². The monoisotopic (exact) mass is 347 g/mol. The van der Waals surface area contributed by atoms with Crippen molar-refractivity contribution in [1.82, 2.24) is 4.98 Å². The minimum atomic E-state index is -0.887. The fourth-order valence-electron chi connectivity index (χ4n) is 2.11. The van der Waals surface area contributed by atoms with E-state index in [1.807, 2.05) is 23.8 Å². The number of aromatic carboxylic acids is 1. The zero-order valence-electron chi connectivity index (χ0n) is 12.0. The number of nitrogens with zero attached hydrogens (tertiary/aromatic N) is 1. The molecule has 112 valence electrons. The maximum Gasteiger partial charge on any atom is 0.345 e. The second-order valence-electron chi connectivity index (χ2n) is 4.73. The fraction of sp³-hybridized carbons (Fsp3) is 0.125. The van der Waals surface area contributed by atoms with Crippen LogP contribution >= 0.6 is 34.4 Å². The normalized spacial score (nSPS) is 10.8. The molecule has 0 amide bonds. The van der Waals surface area contributed by atoms with Gasteiger partial charge in [0.15, 0.2) is 0 Å². The van der Waals surface area contributed by atoms with Crippen LogP contribution in [0.2, 0.25) is 0 Å². The first kappa shape index (κ1) is 15.3. The third kappa shape index (κ3) is 2.95. The number of carboxylic acids is 1. The summed E-state index contributed by atoms with van der Waals surface area (Å²) in [5.41, 5.74) is 4.13. The molecule has 0 bridgehead atoms. The smallest absolute Gasteiger partial charge is 0.345 e. The Bertz CT molecular complexity index is 836. The van der Waals surface area contributed by atoms with Crippen molar-refractivity contribution in [2.45, 2.75) is 11.1 Å². The Morgan fingerprint density at radius 1 is 1.32 bits per heavy atom. The molecule has 0 saturated heterocycles. The summed E-state index contributed by atoms with van der Waals surface area (Å²) in [5.74, 6) is -0.887. The minimum Gasteiger partial charge on any atom is -0.477 e. The van der Waals surface area contributed by atoms with Gasteiger partial charge in [0.05, 0.1) is 9.90 Å². The first-order valence-corrected chi connectivity index (χ1v) is 9.44. The van der Waals surface area contributed by atoms with E-state index in [1.54, 1.807) is 29.2 Å². The predicted molar refractivity (Wildman–Crippen MR) is 94.3 cm³/mol. The molecule has 0 atom stereocenters. The molecule has 0 unspecified atom stereocenters. The van der Waals surface area contributed by atoms with Gasteiger partial charge >= 0.3 is 5.97 Å². The number of carboxylic acid groups (broad SMARTS) is 1. The molecule has 22 heavy (non-hydrogen) atoms. The first-order chi connectivity index (χ1) is 10.6. The predicted octanol–water partition coefficient (Wildman–Crippen LogP) is 5.27. The Labute approximate surface area is 140 Å². The van der Waals surface area contributed by atoms with Crippen molar-refractivity contribution in [3.8, 4) is 21.8 Å². The molecule has 1 aromatic carbocycles. The molecule has 0 aliphatic rings. The van der Waals surface area contributed by atoms with Crippen LogP contribution in [0.1, 0.15) is 15.2 Å². The van der Waals surface area contributed by atoms with Gasteiger partial charge in [0.25, 0.3) is 0 Å². The average Bonchev–Trinajstić information content (AvgIpc) is 3.13. The molecule has 2 heterocycles. The third-order valence-electron chi connectivity index (χ3n) is 3.14. The summed E-state index contributed by atoms with van der Waals surface area (Å²) in [7, 11) is 0. The van der Waals surface area contributed by atoms with Gasteiger partial charge in [-0.15, -0.1) is 34.4 Å². The van der Waals surface area contributed by atoms with Crippen molar-refractivity contribution < 1.29 is 9.90 Å². The van der Waals surface area contributed by atoms with Gasteiger partial charge in [0, 0.05) is 16.5 Å². The molecule has 3 rings (SSSR count). The maximum absolute atomic E-state index is 11.2. The van der Waals surface area contributed by atoms with Crippen LogP contribution in [-0.4, -0.2) is 22.3 Å². The average molecular weight is 347 g/mol. The van der Waals surface area contributed by atoms with Crippen molar-refractivity contribution in [1.29, 1.82) is 0 Å². The van der Waals surface area contributed by atoms with Crippen molar-refractivity contribution in [3.05, 3.63) is 46.2 Å². The van der Waals surface area contributed by atoms with Gasteiger partial charge in [0.2, 0.25) is 0 Å². The fourth-order valence-corrected chi connectivity index (χ4v) is 4.80. The number of benzene rings is 1. The molecule has 3 nitrogen and oxygen atoms in total. The molecular formula is C16H13NO2S3. The lowest BCUT2D eigenvalue weighted by Gasteiger charge is -1.98. The molecule has 1 N–H and O–H groups in total. The van der Waals surface area contributed by atoms with E-state index >= 15 is 0 Å². The number of thiazole rings is 1. The lowest BCUT2D eigenvalue weighted by molar-refractivity contribution is 0.0702. The maximum atomic E-state index is 11.2. The van der Waals surface area contributed by atoms with Gasteiger partial charge in [-0.25, -0.2) is 9.78 Å². The van der Waals surface area contributed by atoms with Crippen molar-refractivity contribution in [2.75, 3.05) is 6.26 Å². The quantitative estimate of drug-likeness (QED) is 0.653. The Morgan fingerprint density at radius 2 is 2.14 bits per heavy atom. The number of aryl methyl sites for hydroxylation is 1. The first-order valence-electron chi connectivity index (χ1n) is 6.52. The molecule has 3 aromatic rings. The minimum absolute atomic E-state index is 0.353. The Balaban J connectivity index is 2.02. The number of hydrogen-bond acceptors (Lipinski definition) is 5. The van der Waals surface area contributed by atoms with Gasteiger partial charge in [-0.2, -0.15) is 0 Å². The van der Waals surface area contributed by atoms with E-state index in [4.69, 9.17) is 10.1 Å². The molecular weight excluding hydrogens is 334 g/mol. The molecule has 0 fully saturated rings. The molecule has 6 heteroatoms. The van der Waals surface area contributed by atoms with Crippen LogP contribution < -0.4 is 0 Å². The second-order valence-corrected chi connectivity index (χ2v) is 7.71. The van der Waals surface area contributed by atoms with Crippen LogP contribution in [0.3, 0.4) is 0 Å². The highest BCUT2D eigenvalue weighted by molar-refractivity contribution is 8.00. The van der Waals surface area contributed by atoms with E-state index < -0.39 is 5.97 Å². The van der Waals surface area contributed by atoms with Gasteiger partial charge in [0.1, 0.15) is 9.88 Å². The van der Waals surface area contributed by atoms with E-state index in [1.165, 1.54) is 16.9 Å². The van der Waals surface area contributed by atoms with E-state index in [0.717, 1.165) is 26.0 Å². The van der Waals surface area contributed by atoms with Crippen LogP contribution in [0.25, 0.3) is 21.8 Å². The van der Waals surface area contributed by atoms with Gasteiger partial charge in [-0.3, -0.25) is 0 Å². The lowest BCUT2D eigenvalue weighted by atomic mass is 10.1. The molecule has 0 spiro atoms. The van der Waals surface area contributed by atoms with E-state index in [9.17, 15) is 4.79 Å². The Morgan fingerprint density at radius 3 is 2.82 bits per heavy atom. The van der Waals surface area contributed by atoms with Crippen LogP contribution in [0.5, 0.6) is 0 Å². The topological polar surface area (TPSA) is 50.2 Å². The van der Waals surface area contributed by atoms with E-state index in [-0.39, 0.29) is 0 Å². The van der Waals surface area contributed by atoms with Crippen molar-refractivity contribution in [3.63, 3.8) is 0 Å². The highest BCUT2D eigenvalue weighted by Crippen LogP contribution is 2.40. The Kier molecular flexibility index (Phi) is 4.33. The molecule has 2 aromatic heterocycles. The van der Waals surface area contributed by atoms with Gasteiger partial charge in [-0.1, -0.05) is 23.8 Å². The molecule has 0 saturated carbocycles. The highest BCUT2D eigenvalue weighted by Gasteiger charge is 2.17. The number of thioether (sulfide) groups is 1. The van der Waals surface area contributed by atoms with E-state index in [0.29, 0.717) is 4.88 Å². The third-order valence-corrected chi connectivity index (χ3v) is 6.28. The molecule has 0 aliphatic carbocycles. The summed E-state index contributed by atoms with van der Waals surface area (Å²) in [5, 5.41) is 12.0. The standard InChI is InChI=1S/C16H13NO2S3/c1-9-4-3-5-10(6-9)12-8-21-14(17-12)11-7-13(15(18)19)22-16(11)20-2/h3-8H,1-2H3,(H,18,19). The number of aromatic nitrogens is 1. The zero-order chi connectivity index (χ0) is 15.7. The van der Waals surface area contributed by atoms with Crippen LogP contribution in [0, 0.1) is 6.92 Å². The second kappa shape index (κ2) is 6.24. The van der Waals surface area contributed by atoms with Gasteiger partial charge in [-0.05, 0) is 25.3 Å². The summed E-state index contributed by atoms with van der Waals surface area (Å²) in [6.45, 7) is 2.06. The SMILES string of the molecule is CSc1sc(C(=O)O)cc1-c1nc(-c2cccc(C)c2)cs1. The van der Waals surface area contributed by atoms with Crippen LogP contribution in [0.15, 0.2) is 39.9 Å². The van der Waals surface area contributed by atoms with Crippen LogP contribution in [-0.2, 0) is 0 Å². The number of carbonyl (C=O) groups is 1. The summed E-state index contributed by atoms with van der Waals surface area (Å²) < 4.78 is 0.988. The molecule has 0 radical (unpaired) electrons. The van der Waals surface area contributed by atoms with Crippen molar-refractivity contribution in [2.24, 2.45) is 0 Å². The van der Waals surface area contributed by atoms with Crippen molar-refractivity contribution >= 4 is 40.4 Å². The Hall–Kier alpha value is -1.63. The zero-order valence-corrected chi connectivity index (χ0v) is 14.4. The largest absolute Gasteiger partial charge is 0.477 e. The number of hydrogen-bond donors (Lipinski definition) is 1. The van der Waals surface area contributed by atoms with Gasteiger partial charge < -0.3 is 5.11 Å².